The van der Waals surface area contributed by atoms with E-state index in [0.29, 0.717) is 6.42 Å². The number of carboxylic acid groups (broad SMARTS) is 1. The number of hydrogen-bond donors (Lipinski definition) is 1. The van der Waals surface area contributed by atoms with E-state index in [0.717, 1.165) is 12.8 Å². The molecule has 0 aliphatic rings. The van der Waals surface area contributed by atoms with Gasteiger partial charge in [0.1, 0.15) is 0 Å². The van der Waals surface area contributed by atoms with Gasteiger partial charge in [-0.15, -0.1) is 17.0 Å². The zero-order valence-electron chi connectivity index (χ0n) is 14.1. The summed E-state index contributed by atoms with van der Waals surface area (Å²) in [6.07, 6.45) is 20.2. The number of aliphatic carboxylic acids is 1. The second-order valence-electron chi connectivity index (χ2n) is 6.09. The molecule has 0 saturated carbocycles. The van der Waals surface area contributed by atoms with Gasteiger partial charge in [-0.05, 0) is 6.42 Å². The summed E-state index contributed by atoms with van der Waals surface area (Å²) in [6.45, 7) is 2.27. The number of carboxylic acids is 1. The number of carbonyl (C=O) groups is 1. The van der Waals surface area contributed by atoms with Crippen LogP contribution in [0.15, 0.2) is 0 Å². The largest absolute Gasteiger partial charge is 0.481 e. The summed E-state index contributed by atoms with van der Waals surface area (Å²) in [7, 11) is 0. The highest BCUT2D eigenvalue weighted by atomic mass is 79.9. The summed E-state index contributed by atoms with van der Waals surface area (Å²) in [5, 5.41) is 8.52. The fraction of sp³-hybridized carbons (Fsp3) is 0.944. The molecule has 0 rings (SSSR count). The van der Waals surface area contributed by atoms with Crippen LogP contribution >= 0.6 is 17.0 Å². The molecule has 2 nitrogen and oxygen atoms in total. The molecule has 0 bridgehead atoms. The average molecular weight is 365 g/mol. The maximum Gasteiger partial charge on any atom is 0.303 e. The minimum Gasteiger partial charge on any atom is -0.481 e. The van der Waals surface area contributed by atoms with Crippen LogP contribution in [0.2, 0.25) is 0 Å². The predicted molar refractivity (Wildman–Crippen MR) is 97.5 cm³/mol. The van der Waals surface area contributed by atoms with Gasteiger partial charge >= 0.3 is 5.97 Å². The van der Waals surface area contributed by atoms with Crippen LogP contribution in [0.25, 0.3) is 0 Å². The molecule has 0 aromatic carbocycles. The molecular formula is C18H37BrO2. The standard InChI is InChI=1S/C18H36O2.BrH/c1-2-3-4-5-6-7-8-9-10-11-12-13-14-15-16-17-18(19)20;/h2-17H2,1H3,(H,19,20);1H. The summed E-state index contributed by atoms with van der Waals surface area (Å²) in [6, 6.07) is 0. The lowest BCUT2D eigenvalue weighted by molar-refractivity contribution is -0.137. The average Bonchev–Trinajstić information content (AvgIpc) is 2.43. The highest BCUT2D eigenvalue weighted by Crippen LogP contribution is 2.13. The number of rotatable bonds is 16. The molecule has 0 aromatic heterocycles. The van der Waals surface area contributed by atoms with E-state index in [4.69, 9.17) is 5.11 Å². The van der Waals surface area contributed by atoms with E-state index in [1.807, 2.05) is 0 Å². The van der Waals surface area contributed by atoms with Crippen molar-refractivity contribution in [3.63, 3.8) is 0 Å². The van der Waals surface area contributed by atoms with E-state index < -0.39 is 5.97 Å². The first-order valence-electron chi connectivity index (χ1n) is 8.99. The van der Waals surface area contributed by atoms with E-state index in [9.17, 15) is 4.79 Å². The Labute approximate surface area is 142 Å². The molecule has 21 heavy (non-hydrogen) atoms. The van der Waals surface area contributed by atoms with Crippen LogP contribution in [0.4, 0.5) is 0 Å². The maximum atomic E-state index is 10.3. The van der Waals surface area contributed by atoms with Crippen LogP contribution in [0.3, 0.4) is 0 Å². The molecule has 0 aromatic rings. The molecule has 0 fully saturated rings. The van der Waals surface area contributed by atoms with Crippen molar-refractivity contribution >= 4 is 23.0 Å². The van der Waals surface area contributed by atoms with Crippen LogP contribution in [0.1, 0.15) is 110 Å². The lowest BCUT2D eigenvalue weighted by atomic mass is 10.0. The van der Waals surface area contributed by atoms with Gasteiger partial charge in [-0.2, -0.15) is 0 Å². The molecule has 0 radical (unpaired) electrons. The van der Waals surface area contributed by atoms with Gasteiger partial charge in [0, 0.05) is 6.42 Å². The van der Waals surface area contributed by atoms with E-state index in [-0.39, 0.29) is 17.0 Å². The minimum absolute atomic E-state index is 0. The van der Waals surface area contributed by atoms with Crippen LogP contribution in [-0.2, 0) is 4.79 Å². The molecule has 0 spiro atoms. The Morgan fingerprint density at radius 3 is 1.19 bits per heavy atom. The van der Waals surface area contributed by atoms with Crippen LogP contribution in [0, 0.1) is 0 Å². The minimum atomic E-state index is -0.653. The van der Waals surface area contributed by atoms with Gasteiger partial charge in [0.15, 0.2) is 0 Å². The Morgan fingerprint density at radius 1 is 0.619 bits per heavy atom. The lowest BCUT2D eigenvalue weighted by Gasteiger charge is -2.03. The van der Waals surface area contributed by atoms with Crippen molar-refractivity contribution in [2.45, 2.75) is 110 Å². The molecule has 0 atom stereocenters. The Kier molecular flexibility index (Phi) is 22.1. The molecule has 0 amide bonds. The normalized spacial score (nSPS) is 10.3. The quantitative estimate of drug-likeness (QED) is 0.302. The first kappa shape index (κ1) is 23.2. The topological polar surface area (TPSA) is 37.3 Å². The molecule has 0 aliphatic carbocycles. The zero-order chi connectivity index (χ0) is 14.9. The van der Waals surface area contributed by atoms with Crippen LogP contribution in [0.5, 0.6) is 0 Å². The Balaban J connectivity index is 0. The summed E-state index contributed by atoms with van der Waals surface area (Å²) < 4.78 is 0. The van der Waals surface area contributed by atoms with Crippen LogP contribution < -0.4 is 0 Å². The summed E-state index contributed by atoms with van der Waals surface area (Å²) >= 11 is 0. The molecule has 3 heteroatoms. The van der Waals surface area contributed by atoms with Gasteiger partial charge in [-0.1, -0.05) is 96.8 Å². The first-order valence-corrected chi connectivity index (χ1v) is 8.99. The highest BCUT2D eigenvalue weighted by Gasteiger charge is 1.97. The van der Waals surface area contributed by atoms with Gasteiger partial charge in [-0.3, -0.25) is 4.79 Å². The summed E-state index contributed by atoms with van der Waals surface area (Å²) in [4.78, 5) is 10.3. The van der Waals surface area contributed by atoms with Gasteiger partial charge in [-0.25, -0.2) is 0 Å². The molecule has 1 N–H and O–H groups in total. The smallest absolute Gasteiger partial charge is 0.303 e. The highest BCUT2D eigenvalue weighted by molar-refractivity contribution is 8.93. The number of hydrogen-bond acceptors (Lipinski definition) is 1. The molecule has 0 aliphatic heterocycles. The van der Waals surface area contributed by atoms with Crippen molar-refractivity contribution in [1.29, 1.82) is 0 Å². The Bertz CT molecular complexity index is 207. The Hall–Kier alpha value is -0.0500. The van der Waals surface area contributed by atoms with Crippen molar-refractivity contribution in [2.75, 3.05) is 0 Å². The third kappa shape index (κ3) is 22.4. The molecular weight excluding hydrogens is 328 g/mol. The van der Waals surface area contributed by atoms with Gasteiger partial charge in [0.05, 0.1) is 0 Å². The van der Waals surface area contributed by atoms with E-state index in [1.54, 1.807) is 0 Å². The molecule has 0 unspecified atom stereocenters. The third-order valence-corrected chi connectivity index (χ3v) is 3.99. The van der Waals surface area contributed by atoms with Crippen molar-refractivity contribution in [1.82, 2.24) is 0 Å². The van der Waals surface area contributed by atoms with Crippen molar-refractivity contribution < 1.29 is 9.90 Å². The van der Waals surface area contributed by atoms with E-state index in [2.05, 4.69) is 6.92 Å². The van der Waals surface area contributed by atoms with Gasteiger partial charge in [0.25, 0.3) is 0 Å². The second-order valence-corrected chi connectivity index (χ2v) is 6.09. The Morgan fingerprint density at radius 2 is 0.905 bits per heavy atom. The third-order valence-electron chi connectivity index (χ3n) is 3.99. The predicted octanol–water partition coefficient (Wildman–Crippen LogP) is 6.91. The SMILES string of the molecule is Br.CCCCCCCCCCCCCCCCCC(=O)O. The molecule has 128 valence electrons. The zero-order valence-corrected chi connectivity index (χ0v) is 15.8. The fourth-order valence-electron chi connectivity index (χ4n) is 2.65. The monoisotopic (exact) mass is 364 g/mol. The number of unbranched alkanes of at least 4 members (excludes halogenated alkanes) is 14. The van der Waals surface area contributed by atoms with Crippen LogP contribution in [-0.4, -0.2) is 11.1 Å². The van der Waals surface area contributed by atoms with Crippen molar-refractivity contribution in [3.05, 3.63) is 0 Å². The van der Waals surface area contributed by atoms with E-state index >= 15 is 0 Å². The first-order chi connectivity index (χ1) is 9.77. The fourth-order valence-corrected chi connectivity index (χ4v) is 2.65. The van der Waals surface area contributed by atoms with Gasteiger partial charge in [0.2, 0.25) is 0 Å². The summed E-state index contributed by atoms with van der Waals surface area (Å²) in [5.41, 5.74) is 0. The van der Waals surface area contributed by atoms with Crippen molar-refractivity contribution in [2.24, 2.45) is 0 Å². The second kappa shape index (κ2) is 19.9. The van der Waals surface area contributed by atoms with Crippen molar-refractivity contribution in [3.8, 4) is 0 Å². The van der Waals surface area contributed by atoms with E-state index in [1.165, 1.54) is 83.5 Å². The lowest BCUT2D eigenvalue weighted by Crippen LogP contribution is -1.93. The summed E-state index contributed by atoms with van der Waals surface area (Å²) in [5.74, 6) is -0.653. The number of halogens is 1. The molecule has 0 heterocycles. The van der Waals surface area contributed by atoms with Gasteiger partial charge < -0.3 is 5.11 Å². The molecule has 0 saturated heterocycles. The maximum absolute atomic E-state index is 10.3.